The lowest BCUT2D eigenvalue weighted by atomic mass is 10.0. The van der Waals surface area contributed by atoms with Gasteiger partial charge >= 0.3 is 0 Å². The van der Waals surface area contributed by atoms with E-state index in [1.165, 1.54) is 0 Å². The Bertz CT molecular complexity index is 1290. The van der Waals surface area contributed by atoms with Crippen molar-refractivity contribution in [3.63, 3.8) is 0 Å². The maximum absolute atomic E-state index is 13.0. The number of allylic oxidation sites excluding steroid dienone is 1. The first-order chi connectivity index (χ1) is 15.7. The molecule has 3 aromatic carbocycles. The number of carbonyl (C=O) groups is 1. The third-order valence-electron chi connectivity index (χ3n) is 5.73. The van der Waals surface area contributed by atoms with Crippen LogP contribution in [0.5, 0.6) is 23.0 Å². The summed E-state index contributed by atoms with van der Waals surface area (Å²) in [6.07, 6.45) is 1.72. The molecule has 7 heteroatoms. The van der Waals surface area contributed by atoms with Crippen LogP contribution in [0.4, 0.5) is 0 Å². The fourth-order valence-corrected chi connectivity index (χ4v) is 4.32. The molecule has 0 saturated carbocycles. The molecule has 3 aliphatic rings. The first-order valence-corrected chi connectivity index (χ1v) is 10.6. The van der Waals surface area contributed by atoms with Crippen LogP contribution in [-0.4, -0.2) is 24.2 Å². The third-order valence-corrected chi connectivity index (χ3v) is 6.10. The maximum Gasteiger partial charge on any atom is 0.231 e. The summed E-state index contributed by atoms with van der Waals surface area (Å²) in [5.74, 6) is 2.76. The van der Waals surface area contributed by atoms with Crippen LogP contribution < -0.4 is 18.9 Å². The topological polar surface area (TPSA) is 57.2 Å². The summed E-state index contributed by atoms with van der Waals surface area (Å²) >= 11 is 6.33. The fraction of sp³-hybridized carbons (Fsp3) is 0.160. The molecule has 3 aliphatic heterocycles. The first-order valence-electron chi connectivity index (χ1n) is 10.2. The zero-order chi connectivity index (χ0) is 21.7. The van der Waals surface area contributed by atoms with Crippen LogP contribution >= 0.6 is 11.6 Å². The molecule has 0 aromatic heterocycles. The van der Waals surface area contributed by atoms with Crippen LogP contribution in [-0.2, 0) is 13.1 Å². The minimum atomic E-state index is -0.149. The van der Waals surface area contributed by atoms with Crippen LogP contribution in [0.2, 0.25) is 5.02 Å². The van der Waals surface area contributed by atoms with Gasteiger partial charge in [0.1, 0.15) is 18.2 Å². The van der Waals surface area contributed by atoms with Crippen LogP contribution in [0.25, 0.3) is 6.08 Å². The normalized spacial score (nSPS) is 17.7. The van der Waals surface area contributed by atoms with E-state index in [1.807, 2.05) is 48.5 Å². The Morgan fingerprint density at radius 2 is 1.81 bits per heavy atom. The van der Waals surface area contributed by atoms with E-state index in [-0.39, 0.29) is 18.3 Å². The highest BCUT2D eigenvalue weighted by molar-refractivity contribution is 6.31. The number of nitrogens with zero attached hydrogens (tertiary/aromatic N) is 1. The molecule has 0 fully saturated rings. The maximum atomic E-state index is 13.0. The summed E-state index contributed by atoms with van der Waals surface area (Å²) in [7, 11) is 0. The largest absolute Gasteiger partial charge is 0.478 e. The number of ketones is 1. The number of Topliss-reactive ketones (excluding diaryl/α,β-unsaturated/α-hetero) is 1. The number of hydrogen-bond donors (Lipinski definition) is 0. The van der Waals surface area contributed by atoms with Crippen molar-refractivity contribution < 1.29 is 23.7 Å². The molecule has 0 N–H and O–H groups in total. The smallest absolute Gasteiger partial charge is 0.231 e. The zero-order valence-electron chi connectivity index (χ0n) is 17.0. The Kier molecular flexibility index (Phi) is 4.56. The summed E-state index contributed by atoms with van der Waals surface area (Å²) in [5, 5.41) is 0.719. The van der Waals surface area contributed by atoms with Crippen molar-refractivity contribution in [2.45, 2.75) is 13.1 Å². The molecule has 6 rings (SSSR count). The van der Waals surface area contributed by atoms with Crippen LogP contribution in [0.15, 0.2) is 60.4 Å². The monoisotopic (exact) mass is 447 g/mol. The van der Waals surface area contributed by atoms with Gasteiger partial charge in [-0.15, -0.1) is 0 Å². The van der Waals surface area contributed by atoms with E-state index in [2.05, 4.69) is 4.90 Å². The summed E-state index contributed by atoms with van der Waals surface area (Å²) in [6, 6.07) is 16.9. The van der Waals surface area contributed by atoms with E-state index < -0.39 is 0 Å². The van der Waals surface area contributed by atoms with E-state index in [0.717, 1.165) is 27.5 Å². The molecule has 0 saturated heterocycles. The Morgan fingerprint density at radius 1 is 0.969 bits per heavy atom. The van der Waals surface area contributed by atoms with Crippen molar-refractivity contribution in [1.29, 1.82) is 0 Å². The SMILES string of the molecule is O=C1/C(=C/c2ccc3c(c2)OCO3)Oc2c1ccc1c2CN(Cc2ccccc2Cl)CO1. The number of fused-ring (bicyclic) bond motifs is 4. The highest BCUT2D eigenvalue weighted by Crippen LogP contribution is 2.42. The second-order valence-electron chi connectivity index (χ2n) is 7.82. The van der Waals surface area contributed by atoms with Crippen molar-refractivity contribution >= 4 is 23.5 Å². The summed E-state index contributed by atoms with van der Waals surface area (Å²) < 4.78 is 22.8. The van der Waals surface area contributed by atoms with E-state index in [1.54, 1.807) is 12.1 Å². The molecule has 0 unspecified atom stereocenters. The summed E-state index contributed by atoms with van der Waals surface area (Å²) in [6.45, 7) is 1.86. The van der Waals surface area contributed by atoms with Crippen molar-refractivity contribution in [2.24, 2.45) is 0 Å². The molecule has 0 amide bonds. The average molecular weight is 448 g/mol. The highest BCUT2D eigenvalue weighted by Gasteiger charge is 2.33. The Balaban J connectivity index is 1.28. The van der Waals surface area contributed by atoms with E-state index in [4.69, 9.17) is 30.5 Å². The van der Waals surface area contributed by atoms with Crippen LogP contribution in [0, 0.1) is 0 Å². The van der Waals surface area contributed by atoms with E-state index >= 15 is 0 Å². The molecule has 0 aliphatic carbocycles. The number of hydrogen-bond acceptors (Lipinski definition) is 6. The second kappa shape index (κ2) is 7.58. The van der Waals surface area contributed by atoms with Crippen molar-refractivity contribution in [1.82, 2.24) is 4.90 Å². The molecule has 160 valence electrons. The molecular weight excluding hydrogens is 430 g/mol. The number of rotatable bonds is 3. The highest BCUT2D eigenvalue weighted by atomic mass is 35.5. The fourth-order valence-electron chi connectivity index (χ4n) is 4.13. The Morgan fingerprint density at radius 3 is 2.72 bits per heavy atom. The van der Waals surface area contributed by atoms with Gasteiger partial charge in [-0.2, -0.15) is 0 Å². The predicted octanol–water partition coefficient (Wildman–Crippen LogP) is 5.04. The molecule has 0 radical (unpaired) electrons. The molecule has 32 heavy (non-hydrogen) atoms. The number of benzene rings is 3. The lowest BCUT2D eigenvalue weighted by Gasteiger charge is -2.30. The number of halogens is 1. The third kappa shape index (κ3) is 3.28. The van der Waals surface area contributed by atoms with Gasteiger partial charge in [-0.3, -0.25) is 9.69 Å². The van der Waals surface area contributed by atoms with Crippen molar-refractivity contribution in [3.8, 4) is 23.0 Å². The molecule has 3 aromatic rings. The molecule has 0 bridgehead atoms. The van der Waals surface area contributed by atoms with Gasteiger partial charge in [0.15, 0.2) is 17.3 Å². The van der Waals surface area contributed by atoms with Crippen LogP contribution in [0.1, 0.15) is 27.0 Å². The molecule has 6 nitrogen and oxygen atoms in total. The van der Waals surface area contributed by atoms with Crippen molar-refractivity contribution in [3.05, 3.63) is 87.6 Å². The number of carbonyl (C=O) groups excluding carboxylic acids is 1. The van der Waals surface area contributed by atoms with Gasteiger partial charge in [0.05, 0.1) is 11.1 Å². The van der Waals surface area contributed by atoms with Gasteiger partial charge in [-0.25, -0.2) is 0 Å². The molecule has 0 atom stereocenters. The summed E-state index contributed by atoms with van der Waals surface area (Å²) in [5.41, 5.74) is 3.23. The lowest BCUT2D eigenvalue weighted by Crippen LogP contribution is -2.31. The van der Waals surface area contributed by atoms with Gasteiger partial charge < -0.3 is 18.9 Å². The average Bonchev–Trinajstić information content (AvgIpc) is 3.40. The standard InChI is InChI=1S/C25H18ClNO5/c26-19-4-2-1-3-16(19)11-27-12-18-20(29-13-27)8-6-17-24(28)23(32-25(17)18)10-15-5-7-21-22(9-15)31-14-30-21/h1-10H,11-14H2/b23-10-. The Hall–Kier alpha value is -3.48. The van der Waals surface area contributed by atoms with Crippen LogP contribution in [0.3, 0.4) is 0 Å². The minimum Gasteiger partial charge on any atom is -0.478 e. The molecular formula is C25H18ClNO5. The van der Waals surface area contributed by atoms with Gasteiger partial charge in [0.2, 0.25) is 12.6 Å². The summed E-state index contributed by atoms with van der Waals surface area (Å²) in [4.78, 5) is 15.1. The lowest BCUT2D eigenvalue weighted by molar-refractivity contribution is 0.0873. The van der Waals surface area contributed by atoms with Gasteiger partial charge in [0, 0.05) is 18.1 Å². The van der Waals surface area contributed by atoms with Gasteiger partial charge in [-0.05, 0) is 47.5 Å². The first kappa shape index (κ1) is 19.2. The minimum absolute atomic E-state index is 0.149. The number of ether oxygens (including phenoxy) is 4. The quantitative estimate of drug-likeness (QED) is 0.524. The van der Waals surface area contributed by atoms with E-state index in [9.17, 15) is 4.79 Å². The zero-order valence-corrected chi connectivity index (χ0v) is 17.7. The van der Waals surface area contributed by atoms with Crippen molar-refractivity contribution in [2.75, 3.05) is 13.5 Å². The second-order valence-corrected chi connectivity index (χ2v) is 8.23. The van der Waals surface area contributed by atoms with Gasteiger partial charge in [-0.1, -0.05) is 35.9 Å². The van der Waals surface area contributed by atoms with E-state index in [0.29, 0.717) is 42.6 Å². The molecule has 3 heterocycles. The van der Waals surface area contributed by atoms with Gasteiger partial charge in [0.25, 0.3) is 0 Å². The predicted molar refractivity (Wildman–Crippen MR) is 118 cm³/mol. The molecule has 0 spiro atoms. The Labute approximate surface area is 189 Å².